The van der Waals surface area contributed by atoms with E-state index in [0.29, 0.717) is 17.5 Å². The molecule has 0 aliphatic heterocycles. The Bertz CT molecular complexity index is 664. The van der Waals surface area contributed by atoms with Gasteiger partial charge in [-0.2, -0.15) is 5.10 Å². The summed E-state index contributed by atoms with van der Waals surface area (Å²) < 4.78 is 1.50. The van der Waals surface area contributed by atoms with Gasteiger partial charge in [-0.15, -0.1) is 0 Å². The maximum atomic E-state index is 12.3. The molecule has 0 aliphatic rings. The Balaban J connectivity index is 2.25. The molecule has 2 rings (SSSR count). The molecule has 1 atom stereocenters. The van der Waals surface area contributed by atoms with Crippen LogP contribution in [0.3, 0.4) is 0 Å². The van der Waals surface area contributed by atoms with E-state index in [0.717, 1.165) is 5.56 Å². The molecular formula is C15H17N3O3. The van der Waals surface area contributed by atoms with Gasteiger partial charge in [0.15, 0.2) is 6.04 Å². The summed E-state index contributed by atoms with van der Waals surface area (Å²) in [7, 11) is 1.69. The van der Waals surface area contributed by atoms with Crippen LogP contribution in [0.4, 0.5) is 0 Å². The zero-order chi connectivity index (χ0) is 15.4. The van der Waals surface area contributed by atoms with E-state index in [1.165, 1.54) is 10.9 Å². The molecule has 0 spiro atoms. The highest BCUT2D eigenvalue weighted by Crippen LogP contribution is 2.15. The minimum Gasteiger partial charge on any atom is -0.479 e. The molecule has 6 heteroatoms. The average molecular weight is 287 g/mol. The van der Waals surface area contributed by atoms with Crippen LogP contribution >= 0.6 is 0 Å². The van der Waals surface area contributed by atoms with Crippen molar-refractivity contribution < 1.29 is 14.7 Å². The zero-order valence-electron chi connectivity index (χ0n) is 11.9. The normalized spacial score (nSPS) is 11.9. The molecule has 2 N–H and O–H groups in total. The summed E-state index contributed by atoms with van der Waals surface area (Å²) >= 11 is 0. The van der Waals surface area contributed by atoms with Gasteiger partial charge >= 0.3 is 5.97 Å². The number of carboxylic acid groups (broad SMARTS) is 1. The first-order chi connectivity index (χ1) is 10.0. The van der Waals surface area contributed by atoms with Crippen molar-refractivity contribution in [2.75, 3.05) is 0 Å². The van der Waals surface area contributed by atoms with Crippen LogP contribution in [-0.4, -0.2) is 26.8 Å². The van der Waals surface area contributed by atoms with Crippen molar-refractivity contribution >= 4 is 11.9 Å². The summed E-state index contributed by atoms with van der Waals surface area (Å²) in [6.45, 7) is 1.95. The predicted molar refractivity (Wildman–Crippen MR) is 76.9 cm³/mol. The molecule has 0 fully saturated rings. The molecule has 0 radical (unpaired) electrons. The summed E-state index contributed by atoms with van der Waals surface area (Å²) in [5.74, 6) is -1.52. The molecule has 0 saturated heterocycles. The van der Waals surface area contributed by atoms with Gasteiger partial charge < -0.3 is 10.4 Å². The summed E-state index contributed by atoms with van der Waals surface area (Å²) in [5, 5.41) is 15.8. The Morgan fingerprint density at radius 1 is 1.38 bits per heavy atom. The maximum absolute atomic E-state index is 12.3. The fourth-order valence-electron chi connectivity index (χ4n) is 2.14. The number of benzene rings is 1. The van der Waals surface area contributed by atoms with E-state index in [9.17, 15) is 14.7 Å². The van der Waals surface area contributed by atoms with Crippen LogP contribution in [0.15, 0.2) is 36.7 Å². The van der Waals surface area contributed by atoms with Crippen LogP contribution < -0.4 is 5.32 Å². The molecule has 0 bridgehead atoms. The fourth-order valence-corrected chi connectivity index (χ4v) is 2.14. The highest BCUT2D eigenvalue weighted by atomic mass is 16.4. The van der Waals surface area contributed by atoms with E-state index in [2.05, 4.69) is 10.4 Å². The van der Waals surface area contributed by atoms with E-state index in [1.54, 1.807) is 25.4 Å². The molecule has 110 valence electrons. The lowest BCUT2D eigenvalue weighted by Gasteiger charge is -2.14. The second kappa shape index (κ2) is 6.21. The number of hydrogen-bond acceptors (Lipinski definition) is 3. The molecule has 0 saturated carbocycles. The largest absolute Gasteiger partial charge is 0.479 e. The number of carboxylic acids is 1. The Morgan fingerprint density at radius 3 is 2.67 bits per heavy atom. The lowest BCUT2D eigenvalue weighted by molar-refractivity contribution is -0.139. The molecule has 2 aromatic rings. The monoisotopic (exact) mass is 287 g/mol. The molecule has 1 heterocycles. The topological polar surface area (TPSA) is 84.2 Å². The quantitative estimate of drug-likeness (QED) is 0.873. The first-order valence-corrected chi connectivity index (χ1v) is 6.63. The molecule has 1 unspecified atom stereocenters. The van der Waals surface area contributed by atoms with Gasteiger partial charge in [0.05, 0.1) is 6.20 Å². The van der Waals surface area contributed by atoms with Crippen molar-refractivity contribution in [2.24, 2.45) is 7.05 Å². The van der Waals surface area contributed by atoms with Gasteiger partial charge in [-0.05, 0) is 18.1 Å². The molecular weight excluding hydrogens is 270 g/mol. The third-order valence-electron chi connectivity index (χ3n) is 3.22. The lowest BCUT2D eigenvalue weighted by Crippen LogP contribution is -2.34. The van der Waals surface area contributed by atoms with Gasteiger partial charge in [0.25, 0.3) is 5.91 Å². The van der Waals surface area contributed by atoms with E-state index < -0.39 is 17.9 Å². The Labute approximate surface area is 122 Å². The third-order valence-corrected chi connectivity index (χ3v) is 3.22. The number of nitrogens with one attached hydrogen (secondary N) is 1. The summed E-state index contributed by atoms with van der Waals surface area (Å²) in [5.41, 5.74) is 1.81. The number of aliphatic carboxylic acids is 1. The number of rotatable bonds is 5. The van der Waals surface area contributed by atoms with Gasteiger partial charge in [-0.1, -0.05) is 25.1 Å². The van der Waals surface area contributed by atoms with Gasteiger partial charge in [0.1, 0.15) is 0 Å². The second-order valence-electron chi connectivity index (χ2n) is 4.70. The van der Waals surface area contributed by atoms with Crippen LogP contribution in [-0.2, 0) is 18.3 Å². The minimum atomic E-state index is -1.12. The zero-order valence-corrected chi connectivity index (χ0v) is 11.9. The number of aryl methyl sites for hydroxylation is 2. The smallest absolute Gasteiger partial charge is 0.331 e. The van der Waals surface area contributed by atoms with Crippen LogP contribution in [0.1, 0.15) is 34.5 Å². The second-order valence-corrected chi connectivity index (χ2v) is 4.70. The van der Waals surface area contributed by atoms with Crippen molar-refractivity contribution in [1.29, 1.82) is 0 Å². The SMILES string of the molecule is CCc1ccccc1C(=O)NC(C(=O)O)c1cnn(C)c1. The van der Waals surface area contributed by atoms with Crippen LogP contribution in [0, 0.1) is 0 Å². The summed E-state index contributed by atoms with van der Waals surface area (Å²) in [6, 6.07) is 6.04. The maximum Gasteiger partial charge on any atom is 0.331 e. The summed E-state index contributed by atoms with van der Waals surface area (Å²) in [4.78, 5) is 23.7. The Morgan fingerprint density at radius 2 is 2.10 bits per heavy atom. The number of nitrogens with zero attached hydrogens (tertiary/aromatic N) is 2. The minimum absolute atomic E-state index is 0.399. The van der Waals surface area contributed by atoms with E-state index in [4.69, 9.17) is 0 Å². The number of carbonyl (C=O) groups excluding carboxylic acids is 1. The highest BCUT2D eigenvalue weighted by Gasteiger charge is 2.24. The standard InChI is InChI=1S/C15H17N3O3/c1-3-10-6-4-5-7-12(10)14(19)17-13(15(20)21)11-8-16-18(2)9-11/h4-9,13H,3H2,1-2H3,(H,17,19)(H,20,21). The van der Waals surface area contributed by atoms with Gasteiger partial charge in [0.2, 0.25) is 0 Å². The van der Waals surface area contributed by atoms with Gasteiger partial charge in [0, 0.05) is 24.4 Å². The van der Waals surface area contributed by atoms with E-state index >= 15 is 0 Å². The predicted octanol–water partition coefficient (Wildman–Crippen LogP) is 1.54. The molecule has 1 aromatic heterocycles. The first kappa shape index (κ1) is 14.8. The van der Waals surface area contributed by atoms with Crippen molar-refractivity contribution in [2.45, 2.75) is 19.4 Å². The molecule has 1 amide bonds. The van der Waals surface area contributed by atoms with Gasteiger partial charge in [-0.3, -0.25) is 9.48 Å². The van der Waals surface area contributed by atoms with Crippen LogP contribution in [0.2, 0.25) is 0 Å². The van der Waals surface area contributed by atoms with Crippen molar-refractivity contribution in [3.8, 4) is 0 Å². The summed E-state index contributed by atoms with van der Waals surface area (Å²) in [6.07, 6.45) is 3.71. The number of carbonyl (C=O) groups is 2. The van der Waals surface area contributed by atoms with E-state index in [-0.39, 0.29) is 0 Å². The van der Waals surface area contributed by atoms with Crippen LogP contribution in [0.25, 0.3) is 0 Å². The lowest BCUT2D eigenvalue weighted by atomic mass is 10.0. The molecule has 6 nitrogen and oxygen atoms in total. The van der Waals surface area contributed by atoms with Gasteiger partial charge in [-0.25, -0.2) is 4.79 Å². The molecule has 0 aliphatic carbocycles. The average Bonchev–Trinajstić information content (AvgIpc) is 2.90. The van der Waals surface area contributed by atoms with Crippen molar-refractivity contribution in [3.63, 3.8) is 0 Å². The Kier molecular flexibility index (Phi) is 4.37. The molecule has 1 aromatic carbocycles. The first-order valence-electron chi connectivity index (χ1n) is 6.63. The number of aromatic nitrogens is 2. The number of hydrogen-bond donors (Lipinski definition) is 2. The third kappa shape index (κ3) is 3.28. The van der Waals surface area contributed by atoms with Crippen molar-refractivity contribution in [3.05, 3.63) is 53.3 Å². The Hall–Kier alpha value is -2.63. The van der Waals surface area contributed by atoms with E-state index in [1.807, 2.05) is 19.1 Å². The van der Waals surface area contributed by atoms with Crippen molar-refractivity contribution in [1.82, 2.24) is 15.1 Å². The fraction of sp³-hybridized carbons (Fsp3) is 0.267. The number of amides is 1. The van der Waals surface area contributed by atoms with Crippen LogP contribution in [0.5, 0.6) is 0 Å². The molecule has 21 heavy (non-hydrogen) atoms. The highest BCUT2D eigenvalue weighted by molar-refractivity contribution is 5.98.